The molecule has 2 saturated heterocycles. The molecule has 2 amide bonds. The summed E-state index contributed by atoms with van der Waals surface area (Å²) in [6.45, 7) is 0.278. The van der Waals surface area contributed by atoms with E-state index in [1.165, 1.54) is 6.07 Å². The number of phenolic OH excluding ortho intramolecular Hbond substituents is 1. The summed E-state index contributed by atoms with van der Waals surface area (Å²) in [6.07, 6.45) is 8.70. The third kappa shape index (κ3) is 5.02. The van der Waals surface area contributed by atoms with Gasteiger partial charge in [0.1, 0.15) is 5.75 Å². The first-order valence-electron chi connectivity index (χ1n) is 14.5. The number of aliphatic hydroxyl groups is 1. The highest BCUT2D eigenvalue weighted by Crippen LogP contribution is 2.51. The molecule has 3 fully saturated rings. The third-order valence-corrected chi connectivity index (χ3v) is 9.63. The standard InChI is InChI=1S/C33H36ClNO5/c34-28-17-25(37)13-11-22(28)15-21(20-7-3-1-4-8-20)12-14-29-30-23(18-36)16-26-31(27(30)19-40-29)33(39)35(32(26)38)24-9-5-2-6-10-24/h1,3-4,7-8,11,13,15,17,24,26-27,29,31,36-37H,2,5-6,9-10,12,14,16,18-19H2/b21-15-/t26-,27+,29-,31-/m1/s1. The van der Waals surface area contributed by atoms with E-state index < -0.39 is 0 Å². The molecule has 4 atom stereocenters. The number of allylic oxidation sites excluding steroid dienone is 1. The Kier molecular flexibility index (Phi) is 7.84. The smallest absolute Gasteiger partial charge is 0.234 e. The minimum absolute atomic E-state index is 0.0174. The third-order valence-electron chi connectivity index (χ3n) is 9.31. The largest absolute Gasteiger partial charge is 0.508 e. The van der Waals surface area contributed by atoms with Gasteiger partial charge in [-0.15, -0.1) is 0 Å². The fourth-order valence-electron chi connectivity index (χ4n) is 7.40. The predicted molar refractivity (Wildman–Crippen MR) is 154 cm³/mol. The van der Waals surface area contributed by atoms with E-state index in [9.17, 15) is 19.8 Å². The van der Waals surface area contributed by atoms with E-state index in [2.05, 4.69) is 12.1 Å². The number of likely N-dealkylation sites (tertiary alicyclic amines) is 1. The van der Waals surface area contributed by atoms with Crippen LogP contribution in [0, 0.1) is 17.8 Å². The van der Waals surface area contributed by atoms with Gasteiger partial charge in [-0.05, 0) is 84.2 Å². The highest BCUT2D eigenvalue weighted by molar-refractivity contribution is 6.32. The maximum atomic E-state index is 13.7. The molecule has 0 bridgehead atoms. The Morgan fingerprint density at radius 1 is 1.02 bits per heavy atom. The van der Waals surface area contributed by atoms with Crippen molar-refractivity contribution in [1.82, 2.24) is 4.90 Å². The van der Waals surface area contributed by atoms with Gasteiger partial charge in [-0.1, -0.05) is 61.2 Å². The summed E-state index contributed by atoms with van der Waals surface area (Å²) in [5, 5.41) is 20.6. The number of hydrogen-bond acceptors (Lipinski definition) is 5. The molecule has 0 radical (unpaired) electrons. The highest BCUT2D eigenvalue weighted by Gasteiger charge is 2.58. The Labute approximate surface area is 240 Å². The number of aromatic hydroxyl groups is 1. The molecule has 2 aromatic rings. The van der Waals surface area contributed by atoms with Crippen molar-refractivity contribution in [3.8, 4) is 5.75 Å². The van der Waals surface area contributed by atoms with Crippen LogP contribution in [0.5, 0.6) is 5.75 Å². The number of amides is 2. The van der Waals surface area contributed by atoms with E-state index in [1.54, 1.807) is 17.0 Å². The molecule has 40 heavy (non-hydrogen) atoms. The number of ether oxygens (including phenoxy) is 1. The number of fused-ring (bicyclic) bond motifs is 3. The van der Waals surface area contributed by atoms with Crippen molar-refractivity contribution in [2.75, 3.05) is 13.2 Å². The summed E-state index contributed by atoms with van der Waals surface area (Å²) in [5.74, 6) is -0.886. The average Bonchev–Trinajstić information content (AvgIpc) is 3.50. The lowest BCUT2D eigenvalue weighted by Crippen LogP contribution is -2.42. The second kappa shape index (κ2) is 11.5. The van der Waals surface area contributed by atoms with Gasteiger partial charge >= 0.3 is 0 Å². The maximum absolute atomic E-state index is 13.7. The summed E-state index contributed by atoms with van der Waals surface area (Å²) in [6, 6.07) is 15.1. The lowest BCUT2D eigenvalue weighted by molar-refractivity contribution is -0.143. The number of rotatable bonds is 7. The molecule has 2 aliphatic carbocycles. The molecule has 1 saturated carbocycles. The van der Waals surface area contributed by atoms with Gasteiger partial charge in [0.25, 0.3) is 0 Å². The number of imide groups is 1. The number of benzene rings is 2. The molecule has 2 aliphatic heterocycles. The van der Waals surface area contributed by atoms with Crippen LogP contribution in [0.2, 0.25) is 5.02 Å². The van der Waals surface area contributed by atoms with Gasteiger partial charge in [0.05, 0.1) is 36.2 Å². The Morgan fingerprint density at radius 3 is 2.52 bits per heavy atom. The summed E-state index contributed by atoms with van der Waals surface area (Å²) in [4.78, 5) is 28.8. The van der Waals surface area contributed by atoms with E-state index in [4.69, 9.17) is 16.3 Å². The van der Waals surface area contributed by atoms with Crippen molar-refractivity contribution >= 4 is 35.1 Å². The van der Waals surface area contributed by atoms with Crippen LogP contribution >= 0.6 is 11.6 Å². The number of carbonyl (C=O) groups is 2. The summed E-state index contributed by atoms with van der Waals surface area (Å²) < 4.78 is 6.34. The molecule has 4 aliphatic rings. The van der Waals surface area contributed by atoms with E-state index in [0.29, 0.717) is 30.9 Å². The van der Waals surface area contributed by atoms with Crippen LogP contribution in [0.1, 0.15) is 62.5 Å². The van der Waals surface area contributed by atoms with E-state index >= 15 is 0 Å². The van der Waals surface area contributed by atoms with Crippen LogP contribution in [0.4, 0.5) is 0 Å². The fourth-order valence-corrected chi connectivity index (χ4v) is 7.63. The lowest BCUT2D eigenvalue weighted by Gasteiger charge is -2.31. The molecule has 6 nitrogen and oxygen atoms in total. The summed E-state index contributed by atoms with van der Waals surface area (Å²) >= 11 is 6.43. The van der Waals surface area contributed by atoms with Gasteiger partial charge in [-0.2, -0.15) is 0 Å². The van der Waals surface area contributed by atoms with Crippen molar-refractivity contribution < 1.29 is 24.5 Å². The zero-order chi connectivity index (χ0) is 27.8. The minimum Gasteiger partial charge on any atom is -0.508 e. The number of hydrogen-bond donors (Lipinski definition) is 2. The predicted octanol–water partition coefficient (Wildman–Crippen LogP) is 6.01. The van der Waals surface area contributed by atoms with Gasteiger partial charge in [0.15, 0.2) is 0 Å². The van der Waals surface area contributed by atoms with Crippen LogP contribution in [-0.2, 0) is 14.3 Å². The molecule has 6 rings (SSSR count). The molecule has 210 valence electrons. The van der Waals surface area contributed by atoms with Crippen molar-refractivity contribution in [2.45, 2.75) is 63.5 Å². The summed E-state index contributed by atoms with van der Waals surface area (Å²) in [5.41, 5.74) is 4.87. The van der Waals surface area contributed by atoms with Gasteiger partial charge in [0, 0.05) is 12.0 Å². The molecule has 2 heterocycles. The Hall–Kier alpha value is -2.93. The minimum atomic E-state index is -0.385. The highest BCUT2D eigenvalue weighted by atomic mass is 35.5. The maximum Gasteiger partial charge on any atom is 0.234 e. The Morgan fingerprint density at radius 2 is 1.80 bits per heavy atom. The second-order valence-electron chi connectivity index (χ2n) is 11.6. The summed E-state index contributed by atoms with van der Waals surface area (Å²) in [7, 11) is 0. The number of nitrogens with zero attached hydrogens (tertiary/aromatic N) is 1. The second-order valence-corrected chi connectivity index (χ2v) is 12.0. The van der Waals surface area contributed by atoms with Crippen LogP contribution in [0.25, 0.3) is 11.6 Å². The number of carbonyl (C=O) groups excluding carboxylic acids is 2. The Balaban J connectivity index is 1.25. The quantitative estimate of drug-likeness (QED) is 0.246. The normalized spacial score (nSPS) is 27.4. The molecule has 0 aromatic heterocycles. The van der Waals surface area contributed by atoms with Crippen molar-refractivity contribution in [3.05, 3.63) is 75.8 Å². The topological polar surface area (TPSA) is 87.1 Å². The van der Waals surface area contributed by atoms with Crippen LogP contribution < -0.4 is 0 Å². The Bertz CT molecular complexity index is 1350. The van der Waals surface area contributed by atoms with Crippen molar-refractivity contribution in [3.63, 3.8) is 0 Å². The molecule has 0 unspecified atom stereocenters. The number of aliphatic hydroxyl groups excluding tert-OH is 1. The van der Waals surface area contributed by atoms with Gasteiger partial charge in [-0.25, -0.2) is 0 Å². The van der Waals surface area contributed by atoms with Crippen LogP contribution in [-0.4, -0.2) is 52.3 Å². The fraction of sp³-hybridized carbons (Fsp3) is 0.455. The van der Waals surface area contributed by atoms with Gasteiger partial charge in [0.2, 0.25) is 11.8 Å². The first kappa shape index (κ1) is 27.3. The molecular formula is C33H36ClNO5. The van der Waals surface area contributed by atoms with Gasteiger partial charge < -0.3 is 14.9 Å². The van der Waals surface area contributed by atoms with E-state index in [1.807, 2.05) is 24.3 Å². The van der Waals surface area contributed by atoms with E-state index in [-0.39, 0.29) is 54.1 Å². The average molecular weight is 562 g/mol. The lowest BCUT2D eigenvalue weighted by atomic mass is 9.69. The number of phenols is 1. The SMILES string of the molecule is O=C1[C@@H]2[C@@H](CC(CO)=C3[C@@H](CC/C(=C/c4ccc(O)cc4Cl)c4ccccc4)OC[C@@H]32)C(=O)N1C1CCCCC1. The molecule has 7 heteroatoms. The zero-order valence-electron chi connectivity index (χ0n) is 22.6. The van der Waals surface area contributed by atoms with Crippen molar-refractivity contribution in [1.29, 1.82) is 0 Å². The number of halogens is 1. The monoisotopic (exact) mass is 561 g/mol. The molecule has 0 spiro atoms. The van der Waals surface area contributed by atoms with Crippen LogP contribution in [0.15, 0.2) is 59.7 Å². The molecular weight excluding hydrogens is 526 g/mol. The molecule has 2 aromatic carbocycles. The van der Waals surface area contributed by atoms with E-state index in [0.717, 1.165) is 60.0 Å². The van der Waals surface area contributed by atoms with Gasteiger partial charge in [-0.3, -0.25) is 14.5 Å². The van der Waals surface area contributed by atoms with Crippen molar-refractivity contribution in [2.24, 2.45) is 17.8 Å². The first-order valence-corrected chi connectivity index (χ1v) is 14.9. The van der Waals surface area contributed by atoms with Crippen LogP contribution in [0.3, 0.4) is 0 Å². The zero-order valence-corrected chi connectivity index (χ0v) is 23.4. The molecule has 2 N–H and O–H groups in total. The first-order chi connectivity index (χ1) is 19.5.